The van der Waals surface area contributed by atoms with Crippen LogP contribution in [0.3, 0.4) is 0 Å². The number of Topliss-reactive ketones (excluding diaryl/α,β-unsaturated/α-hetero) is 2. The van der Waals surface area contributed by atoms with E-state index in [9.17, 15) is 14.4 Å². The van der Waals surface area contributed by atoms with Crippen LogP contribution in [0, 0.1) is 5.92 Å². The minimum atomic E-state index is -0.451. The van der Waals surface area contributed by atoms with Gasteiger partial charge in [-0.3, -0.25) is 9.59 Å². The van der Waals surface area contributed by atoms with Gasteiger partial charge in [0.15, 0.2) is 0 Å². The van der Waals surface area contributed by atoms with Gasteiger partial charge in [-0.1, -0.05) is 39.8 Å². The summed E-state index contributed by atoms with van der Waals surface area (Å²) < 4.78 is 0. The van der Waals surface area contributed by atoms with Gasteiger partial charge in [0.1, 0.15) is 6.29 Å². The molecule has 0 saturated carbocycles. The predicted octanol–water partition coefficient (Wildman–Crippen LogP) is 3.85. The zero-order valence-corrected chi connectivity index (χ0v) is 14.1. The number of benzene rings is 1. The van der Waals surface area contributed by atoms with Gasteiger partial charge in [-0.25, -0.2) is 0 Å². The fourth-order valence-electron chi connectivity index (χ4n) is 3.82. The lowest BCUT2D eigenvalue weighted by atomic mass is 9.66. The van der Waals surface area contributed by atoms with E-state index in [1.54, 1.807) is 0 Å². The van der Waals surface area contributed by atoms with Crippen LogP contribution >= 0.6 is 0 Å². The highest BCUT2D eigenvalue weighted by Gasteiger charge is 2.39. The summed E-state index contributed by atoms with van der Waals surface area (Å²) in [5, 5.41) is 0. The van der Waals surface area contributed by atoms with Gasteiger partial charge in [0.05, 0.1) is 0 Å². The molecular formula is C20H22O3. The van der Waals surface area contributed by atoms with E-state index in [1.807, 2.05) is 32.1 Å². The standard InChI is InChI=1S/C20H22O3/c1-11(2)14-9-12-5-6-15-16(17(12)19(23)18(14)22)13(10-21)7-8-20(15,3)4/h5-6,9-11,13H,7-8H2,1-4H3. The molecule has 0 spiro atoms. The van der Waals surface area contributed by atoms with Gasteiger partial charge in [-0.2, -0.15) is 0 Å². The first-order valence-corrected chi connectivity index (χ1v) is 8.21. The third-order valence-corrected chi connectivity index (χ3v) is 5.25. The van der Waals surface area contributed by atoms with E-state index in [2.05, 4.69) is 13.8 Å². The molecule has 2 aliphatic rings. The lowest BCUT2D eigenvalue weighted by Gasteiger charge is -2.37. The minimum absolute atomic E-state index is 0.00828. The van der Waals surface area contributed by atoms with Crippen molar-refractivity contribution in [2.24, 2.45) is 5.92 Å². The molecule has 2 aliphatic carbocycles. The van der Waals surface area contributed by atoms with E-state index in [4.69, 9.17) is 0 Å². The Hall–Kier alpha value is -2.03. The highest BCUT2D eigenvalue weighted by molar-refractivity contribution is 6.52. The third-order valence-electron chi connectivity index (χ3n) is 5.25. The summed E-state index contributed by atoms with van der Waals surface area (Å²) in [4.78, 5) is 36.8. The highest BCUT2D eigenvalue weighted by atomic mass is 16.2. The van der Waals surface area contributed by atoms with Gasteiger partial charge in [0, 0.05) is 17.1 Å². The van der Waals surface area contributed by atoms with Gasteiger partial charge in [-0.15, -0.1) is 0 Å². The molecule has 3 rings (SSSR count). The lowest BCUT2D eigenvalue weighted by Crippen LogP contribution is -2.32. The molecule has 1 unspecified atom stereocenters. The van der Waals surface area contributed by atoms with Crippen LogP contribution in [-0.4, -0.2) is 17.9 Å². The average molecular weight is 310 g/mol. The van der Waals surface area contributed by atoms with Gasteiger partial charge < -0.3 is 4.79 Å². The van der Waals surface area contributed by atoms with Gasteiger partial charge in [-0.05, 0) is 46.9 Å². The van der Waals surface area contributed by atoms with Gasteiger partial charge in [0.2, 0.25) is 11.6 Å². The van der Waals surface area contributed by atoms with Crippen molar-refractivity contribution in [1.82, 2.24) is 0 Å². The van der Waals surface area contributed by atoms with E-state index in [-0.39, 0.29) is 17.3 Å². The highest BCUT2D eigenvalue weighted by Crippen LogP contribution is 2.45. The van der Waals surface area contributed by atoms with Crippen LogP contribution in [-0.2, 0) is 15.0 Å². The Morgan fingerprint density at radius 3 is 2.48 bits per heavy atom. The summed E-state index contributed by atoms with van der Waals surface area (Å²) in [5.74, 6) is -1.16. The second-order valence-electron chi connectivity index (χ2n) is 7.57. The van der Waals surface area contributed by atoms with E-state index in [0.29, 0.717) is 11.1 Å². The van der Waals surface area contributed by atoms with Crippen molar-refractivity contribution < 1.29 is 14.4 Å². The molecule has 120 valence electrons. The first kappa shape index (κ1) is 15.9. The zero-order chi connectivity index (χ0) is 16.9. The Kier molecular flexibility index (Phi) is 3.62. The number of rotatable bonds is 2. The smallest absolute Gasteiger partial charge is 0.234 e. The molecule has 1 aromatic rings. The van der Waals surface area contributed by atoms with Crippen molar-refractivity contribution in [3.05, 3.63) is 40.0 Å². The summed E-state index contributed by atoms with van der Waals surface area (Å²) in [6.07, 6.45) is 4.38. The van der Waals surface area contributed by atoms with Crippen LogP contribution in [0.1, 0.15) is 73.5 Å². The van der Waals surface area contributed by atoms with Crippen LogP contribution in [0.25, 0.3) is 6.08 Å². The van der Waals surface area contributed by atoms with Crippen molar-refractivity contribution in [2.75, 3.05) is 0 Å². The molecule has 0 aromatic heterocycles. The SMILES string of the molecule is CC(C)C1=Cc2ccc3c(c2C(=O)C1=O)C(C=O)CCC3(C)C. The number of hydrogen-bond donors (Lipinski definition) is 0. The maximum absolute atomic E-state index is 12.8. The number of carbonyl (C=O) groups is 3. The van der Waals surface area contributed by atoms with E-state index < -0.39 is 11.6 Å². The molecule has 3 nitrogen and oxygen atoms in total. The van der Waals surface area contributed by atoms with Crippen molar-refractivity contribution in [3.8, 4) is 0 Å². The monoisotopic (exact) mass is 310 g/mol. The van der Waals surface area contributed by atoms with Crippen LogP contribution in [0.2, 0.25) is 0 Å². The van der Waals surface area contributed by atoms with Crippen LogP contribution in [0.5, 0.6) is 0 Å². The quantitative estimate of drug-likeness (QED) is 0.616. The maximum atomic E-state index is 12.8. The topological polar surface area (TPSA) is 51.2 Å². The number of carbonyl (C=O) groups excluding carboxylic acids is 3. The molecule has 0 radical (unpaired) electrons. The molecule has 0 saturated heterocycles. The first-order chi connectivity index (χ1) is 10.8. The molecule has 0 N–H and O–H groups in total. The van der Waals surface area contributed by atoms with Crippen molar-refractivity contribution in [2.45, 2.75) is 51.9 Å². The molecule has 23 heavy (non-hydrogen) atoms. The van der Waals surface area contributed by atoms with E-state index in [1.165, 1.54) is 0 Å². The summed E-state index contributed by atoms with van der Waals surface area (Å²) in [7, 11) is 0. The van der Waals surface area contributed by atoms with Crippen LogP contribution in [0.15, 0.2) is 17.7 Å². The Morgan fingerprint density at radius 2 is 1.87 bits per heavy atom. The maximum Gasteiger partial charge on any atom is 0.234 e. The first-order valence-electron chi connectivity index (χ1n) is 8.21. The molecule has 1 aromatic carbocycles. The Balaban J connectivity index is 2.32. The summed E-state index contributed by atoms with van der Waals surface area (Å²) in [6, 6.07) is 3.96. The molecule has 0 aliphatic heterocycles. The fraction of sp³-hybridized carbons (Fsp3) is 0.450. The van der Waals surface area contributed by atoms with Crippen LogP contribution < -0.4 is 0 Å². The molecule has 0 amide bonds. The molecule has 1 atom stereocenters. The predicted molar refractivity (Wildman–Crippen MR) is 89.7 cm³/mol. The van der Waals surface area contributed by atoms with Crippen LogP contribution in [0.4, 0.5) is 0 Å². The van der Waals surface area contributed by atoms with Gasteiger partial charge in [0.25, 0.3) is 0 Å². The van der Waals surface area contributed by atoms with E-state index in [0.717, 1.165) is 35.8 Å². The molecule has 3 heteroatoms. The number of hydrogen-bond acceptors (Lipinski definition) is 3. The molecule has 0 fully saturated rings. The van der Waals surface area contributed by atoms with Crippen molar-refractivity contribution in [1.29, 1.82) is 0 Å². The Labute approximate surface area is 136 Å². The number of ketones is 2. The second-order valence-corrected chi connectivity index (χ2v) is 7.57. The number of fused-ring (bicyclic) bond motifs is 3. The number of allylic oxidation sites excluding steroid dienone is 1. The van der Waals surface area contributed by atoms with Crippen molar-refractivity contribution >= 4 is 23.9 Å². The van der Waals surface area contributed by atoms with Crippen molar-refractivity contribution in [3.63, 3.8) is 0 Å². The fourth-order valence-corrected chi connectivity index (χ4v) is 3.82. The lowest BCUT2D eigenvalue weighted by molar-refractivity contribution is -0.112. The molecular weight excluding hydrogens is 288 g/mol. The molecule has 0 heterocycles. The summed E-state index contributed by atoms with van der Waals surface area (Å²) in [5.41, 5.74) is 3.52. The largest absolute Gasteiger partial charge is 0.303 e. The average Bonchev–Trinajstić information content (AvgIpc) is 2.50. The minimum Gasteiger partial charge on any atom is -0.303 e. The second kappa shape index (κ2) is 5.26. The third kappa shape index (κ3) is 2.30. The molecule has 0 bridgehead atoms. The van der Waals surface area contributed by atoms with E-state index >= 15 is 0 Å². The normalized spacial score (nSPS) is 22.5. The zero-order valence-electron chi connectivity index (χ0n) is 14.1. The Bertz CT molecular complexity index is 750. The summed E-state index contributed by atoms with van der Waals surface area (Å²) >= 11 is 0. The number of aldehydes is 1. The summed E-state index contributed by atoms with van der Waals surface area (Å²) in [6.45, 7) is 8.09. The van der Waals surface area contributed by atoms with Gasteiger partial charge >= 0.3 is 0 Å². The Morgan fingerprint density at radius 1 is 1.17 bits per heavy atom.